The van der Waals surface area contributed by atoms with E-state index >= 15 is 0 Å². The molecule has 174 valence electrons. The molecule has 0 atom stereocenters. The van der Waals surface area contributed by atoms with E-state index in [1.54, 1.807) is 6.20 Å². The third-order valence-corrected chi connectivity index (χ3v) is 7.11. The van der Waals surface area contributed by atoms with Crippen LogP contribution >= 0.6 is 0 Å². The van der Waals surface area contributed by atoms with Gasteiger partial charge in [-0.1, -0.05) is 60.7 Å². The highest BCUT2D eigenvalue weighted by molar-refractivity contribution is 5.86. The first kappa shape index (κ1) is 20.8. The maximum absolute atomic E-state index is 6.57. The second-order valence-corrected chi connectivity index (χ2v) is 9.35. The van der Waals surface area contributed by atoms with Crippen molar-refractivity contribution in [2.24, 2.45) is 5.73 Å². The SMILES string of the molecule is NC1(c2ccc(-c3nc4ccc5nnc(-c6ccccn6)n5c4nc3-c3ccccc3)cc2)CCC1. The fraction of sp³-hybridized carbons (Fsp3) is 0.138. The number of rotatable bonds is 4. The molecule has 1 aliphatic rings. The van der Waals surface area contributed by atoms with Crippen molar-refractivity contribution < 1.29 is 0 Å². The van der Waals surface area contributed by atoms with E-state index < -0.39 is 0 Å². The van der Waals surface area contributed by atoms with Crippen molar-refractivity contribution >= 4 is 16.8 Å². The molecule has 2 aromatic carbocycles. The Morgan fingerprint density at radius 3 is 2.19 bits per heavy atom. The number of pyridine rings is 2. The van der Waals surface area contributed by atoms with Crippen molar-refractivity contribution in [3.8, 4) is 34.0 Å². The van der Waals surface area contributed by atoms with Crippen LogP contribution in [0.3, 0.4) is 0 Å². The van der Waals surface area contributed by atoms with Gasteiger partial charge in [0.1, 0.15) is 11.2 Å². The summed E-state index contributed by atoms with van der Waals surface area (Å²) >= 11 is 0. The molecule has 36 heavy (non-hydrogen) atoms. The molecule has 0 radical (unpaired) electrons. The van der Waals surface area contributed by atoms with E-state index in [2.05, 4.69) is 51.6 Å². The van der Waals surface area contributed by atoms with Crippen molar-refractivity contribution in [2.75, 3.05) is 0 Å². The Morgan fingerprint density at radius 2 is 1.47 bits per heavy atom. The molecule has 0 unspecified atom stereocenters. The van der Waals surface area contributed by atoms with Gasteiger partial charge in [0.2, 0.25) is 0 Å². The van der Waals surface area contributed by atoms with Crippen LogP contribution in [-0.2, 0) is 5.54 Å². The smallest absolute Gasteiger partial charge is 0.188 e. The average Bonchev–Trinajstić information content (AvgIpc) is 3.37. The number of hydrogen-bond donors (Lipinski definition) is 1. The summed E-state index contributed by atoms with van der Waals surface area (Å²) in [5.41, 5.74) is 14.0. The predicted octanol–water partition coefficient (Wildman–Crippen LogP) is 5.41. The van der Waals surface area contributed by atoms with Crippen LogP contribution in [-0.4, -0.2) is 29.5 Å². The van der Waals surface area contributed by atoms with E-state index in [0.717, 1.165) is 46.6 Å². The highest BCUT2D eigenvalue weighted by atomic mass is 15.3. The lowest BCUT2D eigenvalue weighted by Crippen LogP contribution is -2.43. The number of nitrogens with zero attached hydrogens (tertiary/aromatic N) is 6. The summed E-state index contributed by atoms with van der Waals surface area (Å²) in [5.74, 6) is 0.635. The summed E-state index contributed by atoms with van der Waals surface area (Å²) in [6.07, 6.45) is 5.00. The van der Waals surface area contributed by atoms with Gasteiger partial charge in [0.05, 0.1) is 11.4 Å². The van der Waals surface area contributed by atoms with E-state index in [0.29, 0.717) is 17.1 Å². The molecular formula is C29H23N7. The van der Waals surface area contributed by atoms with Gasteiger partial charge in [-0.05, 0) is 49.1 Å². The van der Waals surface area contributed by atoms with Crippen molar-refractivity contribution in [1.82, 2.24) is 29.5 Å². The van der Waals surface area contributed by atoms with Gasteiger partial charge in [-0.15, -0.1) is 10.2 Å². The average molecular weight is 470 g/mol. The van der Waals surface area contributed by atoms with Gasteiger partial charge in [0.15, 0.2) is 17.1 Å². The van der Waals surface area contributed by atoms with Crippen LogP contribution in [0.25, 0.3) is 50.8 Å². The van der Waals surface area contributed by atoms with Gasteiger partial charge in [-0.3, -0.25) is 9.38 Å². The lowest BCUT2D eigenvalue weighted by atomic mass is 9.72. The molecule has 1 saturated carbocycles. The van der Waals surface area contributed by atoms with E-state index in [1.165, 1.54) is 12.0 Å². The quantitative estimate of drug-likeness (QED) is 0.371. The molecule has 7 rings (SSSR count). The zero-order valence-corrected chi connectivity index (χ0v) is 19.5. The number of aromatic nitrogens is 6. The summed E-state index contributed by atoms with van der Waals surface area (Å²) in [4.78, 5) is 14.8. The maximum Gasteiger partial charge on any atom is 0.188 e. The number of nitrogens with two attached hydrogens (primary N) is 1. The molecular weight excluding hydrogens is 446 g/mol. The Balaban J connectivity index is 1.47. The first-order valence-electron chi connectivity index (χ1n) is 12.1. The van der Waals surface area contributed by atoms with Gasteiger partial charge in [0.25, 0.3) is 0 Å². The normalized spacial score (nSPS) is 14.7. The Morgan fingerprint density at radius 1 is 0.722 bits per heavy atom. The molecule has 0 aliphatic heterocycles. The summed E-state index contributed by atoms with van der Waals surface area (Å²) in [5, 5.41) is 8.78. The van der Waals surface area contributed by atoms with Gasteiger partial charge >= 0.3 is 0 Å². The minimum absolute atomic E-state index is 0.197. The largest absolute Gasteiger partial charge is 0.321 e. The Bertz CT molecular complexity index is 1700. The molecule has 0 bridgehead atoms. The third-order valence-electron chi connectivity index (χ3n) is 7.11. The van der Waals surface area contributed by atoms with Crippen molar-refractivity contribution in [2.45, 2.75) is 24.8 Å². The monoisotopic (exact) mass is 469 g/mol. The van der Waals surface area contributed by atoms with E-state index in [-0.39, 0.29) is 5.54 Å². The maximum atomic E-state index is 6.57. The summed E-state index contributed by atoms with van der Waals surface area (Å²) in [7, 11) is 0. The number of benzene rings is 2. The summed E-state index contributed by atoms with van der Waals surface area (Å²) < 4.78 is 1.93. The second-order valence-electron chi connectivity index (χ2n) is 9.35. The third kappa shape index (κ3) is 3.28. The molecule has 7 heteroatoms. The molecule has 0 amide bonds. The van der Waals surface area contributed by atoms with E-state index in [1.807, 2.05) is 52.9 Å². The lowest BCUT2D eigenvalue weighted by molar-refractivity contribution is 0.253. The van der Waals surface area contributed by atoms with Crippen LogP contribution in [0.2, 0.25) is 0 Å². The Hall–Kier alpha value is -4.49. The summed E-state index contributed by atoms with van der Waals surface area (Å²) in [6.45, 7) is 0. The lowest BCUT2D eigenvalue weighted by Gasteiger charge is -2.38. The summed E-state index contributed by atoms with van der Waals surface area (Å²) in [6, 6.07) is 28.3. The van der Waals surface area contributed by atoms with Crippen LogP contribution in [0.4, 0.5) is 0 Å². The predicted molar refractivity (Wildman–Crippen MR) is 140 cm³/mol. The topological polar surface area (TPSA) is 94.9 Å². The highest BCUT2D eigenvalue weighted by Crippen LogP contribution is 2.40. The second kappa shape index (κ2) is 8.03. The first-order valence-corrected chi connectivity index (χ1v) is 12.1. The highest BCUT2D eigenvalue weighted by Gasteiger charge is 2.34. The Labute approximate surface area is 207 Å². The molecule has 1 fully saturated rings. The molecule has 4 heterocycles. The zero-order chi connectivity index (χ0) is 24.1. The fourth-order valence-electron chi connectivity index (χ4n) is 4.95. The Kier molecular flexibility index (Phi) is 4.65. The zero-order valence-electron chi connectivity index (χ0n) is 19.5. The number of hydrogen-bond acceptors (Lipinski definition) is 6. The molecule has 2 N–H and O–H groups in total. The molecule has 0 saturated heterocycles. The van der Waals surface area contributed by atoms with Gasteiger partial charge in [-0.25, -0.2) is 9.97 Å². The van der Waals surface area contributed by atoms with Gasteiger partial charge in [0, 0.05) is 22.9 Å². The first-order chi connectivity index (χ1) is 17.7. The molecule has 0 spiro atoms. The minimum atomic E-state index is -0.197. The number of fused-ring (bicyclic) bond motifs is 3. The van der Waals surface area contributed by atoms with Crippen molar-refractivity contribution in [1.29, 1.82) is 0 Å². The van der Waals surface area contributed by atoms with Crippen LogP contribution in [0.1, 0.15) is 24.8 Å². The van der Waals surface area contributed by atoms with Gasteiger partial charge < -0.3 is 5.73 Å². The molecule has 4 aromatic heterocycles. The molecule has 7 nitrogen and oxygen atoms in total. The molecule has 1 aliphatic carbocycles. The minimum Gasteiger partial charge on any atom is -0.321 e. The van der Waals surface area contributed by atoms with E-state index in [9.17, 15) is 0 Å². The van der Waals surface area contributed by atoms with Crippen molar-refractivity contribution in [3.05, 3.63) is 96.7 Å². The van der Waals surface area contributed by atoms with Crippen LogP contribution in [0.5, 0.6) is 0 Å². The van der Waals surface area contributed by atoms with Crippen molar-refractivity contribution in [3.63, 3.8) is 0 Å². The standard InChI is InChI=1S/C29H23N7/c30-29(16-6-17-29)21-12-10-20(11-13-21)25-26(19-7-2-1-3-8-19)33-27-23(32-25)14-15-24-34-35-28(36(24)27)22-9-4-5-18-31-22/h1-5,7-15,18H,6,16-17,30H2. The fourth-order valence-corrected chi connectivity index (χ4v) is 4.95. The van der Waals surface area contributed by atoms with Crippen LogP contribution in [0.15, 0.2) is 91.1 Å². The molecule has 6 aromatic rings. The van der Waals surface area contributed by atoms with Gasteiger partial charge in [-0.2, -0.15) is 0 Å². The van der Waals surface area contributed by atoms with E-state index in [4.69, 9.17) is 15.7 Å². The van der Waals surface area contributed by atoms with Crippen LogP contribution in [0, 0.1) is 0 Å². The van der Waals surface area contributed by atoms with Crippen LogP contribution < -0.4 is 5.73 Å².